The van der Waals surface area contributed by atoms with E-state index in [1.165, 1.54) is 6.07 Å². The molecule has 6 N–H and O–H groups in total. The Labute approximate surface area is 109 Å². The van der Waals surface area contributed by atoms with Gasteiger partial charge in [-0.15, -0.1) is 5.11 Å². The summed E-state index contributed by atoms with van der Waals surface area (Å²) in [6.07, 6.45) is 0. The number of amidine groups is 1. The van der Waals surface area contributed by atoms with Crippen molar-refractivity contribution in [2.75, 3.05) is 31.2 Å². The average molecular weight is 262 g/mol. The molecule has 100 valence electrons. The van der Waals surface area contributed by atoms with Crippen LogP contribution in [-0.2, 0) is 0 Å². The SMILES string of the molecule is N=C1N=NCC1=Nc1cc(OCCO)c(N)cc1N. The third kappa shape index (κ3) is 2.86. The number of rotatable bonds is 4. The summed E-state index contributed by atoms with van der Waals surface area (Å²) in [5.41, 5.74) is 13.2. The number of aliphatic hydroxyl groups excluding tert-OH is 1. The maximum atomic E-state index is 8.74. The Kier molecular flexibility index (Phi) is 3.71. The first-order valence-corrected chi connectivity index (χ1v) is 5.58. The van der Waals surface area contributed by atoms with Crippen LogP contribution in [0.5, 0.6) is 5.75 Å². The highest BCUT2D eigenvalue weighted by atomic mass is 16.5. The standard InChI is InChI=1S/C11H14N6O2/c12-6-3-7(13)10(19-2-1-18)4-8(6)16-9-5-15-17-11(9)14/h3-4,14,18H,1-2,5,12-13H2. The van der Waals surface area contributed by atoms with Crippen LogP contribution in [0.3, 0.4) is 0 Å². The lowest BCUT2D eigenvalue weighted by Gasteiger charge is -2.10. The largest absolute Gasteiger partial charge is 0.489 e. The zero-order chi connectivity index (χ0) is 13.8. The smallest absolute Gasteiger partial charge is 0.190 e. The topological polar surface area (TPSA) is 142 Å². The van der Waals surface area contributed by atoms with Crippen molar-refractivity contribution in [3.05, 3.63) is 12.1 Å². The van der Waals surface area contributed by atoms with Gasteiger partial charge in [-0.05, 0) is 6.07 Å². The van der Waals surface area contributed by atoms with E-state index in [9.17, 15) is 0 Å². The molecule has 0 saturated heterocycles. The first kappa shape index (κ1) is 13.0. The van der Waals surface area contributed by atoms with E-state index in [2.05, 4.69) is 15.2 Å². The van der Waals surface area contributed by atoms with E-state index >= 15 is 0 Å². The Morgan fingerprint density at radius 3 is 2.79 bits per heavy atom. The molecule has 1 heterocycles. The molecule has 0 amide bonds. The van der Waals surface area contributed by atoms with Gasteiger partial charge in [-0.1, -0.05) is 0 Å². The van der Waals surface area contributed by atoms with Crippen molar-refractivity contribution in [1.29, 1.82) is 5.41 Å². The molecule has 0 aromatic heterocycles. The minimum absolute atomic E-state index is 0.0223. The lowest BCUT2D eigenvalue weighted by Crippen LogP contribution is -2.08. The van der Waals surface area contributed by atoms with E-state index in [-0.39, 0.29) is 25.6 Å². The lowest BCUT2D eigenvalue weighted by molar-refractivity contribution is 0.202. The number of hydrogen-bond acceptors (Lipinski definition) is 7. The lowest BCUT2D eigenvalue weighted by atomic mass is 10.2. The number of nitrogens with zero attached hydrogens (tertiary/aromatic N) is 3. The third-order valence-electron chi connectivity index (χ3n) is 2.43. The molecule has 1 aliphatic rings. The maximum absolute atomic E-state index is 8.74. The molecule has 8 heteroatoms. The van der Waals surface area contributed by atoms with Gasteiger partial charge in [0.25, 0.3) is 0 Å². The number of anilines is 2. The first-order valence-electron chi connectivity index (χ1n) is 5.58. The van der Waals surface area contributed by atoms with Crippen LogP contribution in [0.2, 0.25) is 0 Å². The van der Waals surface area contributed by atoms with E-state index in [4.69, 9.17) is 26.7 Å². The summed E-state index contributed by atoms with van der Waals surface area (Å²) in [4.78, 5) is 4.23. The number of nitrogens with one attached hydrogen (secondary N) is 1. The molecule has 0 atom stereocenters. The molecule has 8 nitrogen and oxygen atoms in total. The minimum atomic E-state index is -0.115. The molecule has 0 radical (unpaired) electrons. The molecule has 0 fully saturated rings. The van der Waals surface area contributed by atoms with E-state index in [1.54, 1.807) is 6.07 Å². The summed E-state index contributed by atoms with van der Waals surface area (Å²) < 4.78 is 5.27. The molecule has 0 aliphatic carbocycles. The van der Waals surface area contributed by atoms with Crippen LogP contribution >= 0.6 is 0 Å². The van der Waals surface area contributed by atoms with Gasteiger partial charge in [0.1, 0.15) is 24.6 Å². The van der Waals surface area contributed by atoms with Gasteiger partial charge in [-0.25, -0.2) is 4.99 Å². The number of azo groups is 1. The maximum Gasteiger partial charge on any atom is 0.190 e. The summed E-state index contributed by atoms with van der Waals surface area (Å²) in [5, 5.41) is 23.5. The summed E-state index contributed by atoms with van der Waals surface area (Å²) >= 11 is 0. The number of hydrogen-bond donors (Lipinski definition) is 4. The van der Waals surface area contributed by atoms with Crippen molar-refractivity contribution in [1.82, 2.24) is 0 Å². The number of ether oxygens (including phenoxy) is 1. The summed E-state index contributed by atoms with van der Waals surface area (Å²) in [5.74, 6) is 0.412. The van der Waals surface area contributed by atoms with Gasteiger partial charge in [-0.2, -0.15) is 5.11 Å². The van der Waals surface area contributed by atoms with Crippen molar-refractivity contribution in [2.45, 2.75) is 0 Å². The molecule has 2 rings (SSSR count). The van der Waals surface area contributed by atoms with E-state index in [0.29, 0.717) is 28.5 Å². The average Bonchev–Trinajstić information content (AvgIpc) is 2.77. The van der Waals surface area contributed by atoms with Crippen LogP contribution in [0.25, 0.3) is 0 Å². The van der Waals surface area contributed by atoms with Crippen molar-refractivity contribution >= 4 is 28.6 Å². The molecule has 0 saturated carbocycles. The highest BCUT2D eigenvalue weighted by Crippen LogP contribution is 2.33. The summed E-state index contributed by atoms with van der Waals surface area (Å²) in [6.45, 7) is 0.274. The van der Waals surface area contributed by atoms with Gasteiger partial charge in [0, 0.05) is 6.07 Å². The fraction of sp³-hybridized carbons (Fsp3) is 0.273. The van der Waals surface area contributed by atoms with Crippen molar-refractivity contribution in [2.24, 2.45) is 15.2 Å². The quantitative estimate of drug-likeness (QED) is 0.593. The van der Waals surface area contributed by atoms with Crippen LogP contribution in [0.1, 0.15) is 0 Å². The Morgan fingerprint density at radius 2 is 2.16 bits per heavy atom. The molecule has 19 heavy (non-hydrogen) atoms. The van der Waals surface area contributed by atoms with Gasteiger partial charge in [0.15, 0.2) is 5.84 Å². The van der Waals surface area contributed by atoms with Crippen molar-refractivity contribution < 1.29 is 9.84 Å². The summed E-state index contributed by atoms with van der Waals surface area (Å²) in [7, 11) is 0. The number of benzene rings is 1. The zero-order valence-electron chi connectivity index (χ0n) is 10.1. The third-order valence-corrected chi connectivity index (χ3v) is 2.43. The van der Waals surface area contributed by atoms with Crippen molar-refractivity contribution in [3.63, 3.8) is 0 Å². The fourth-order valence-corrected chi connectivity index (χ4v) is 1.52. The van der Waals surface area contributed by atoms with Gasteiger partial charge < -0.3 is 21.3 Å². The molecule has 1 aliphatic heterocycles. The van der Waals surface area contributed by atoms with Crippen molar-refractivity contribution in [3.8, 4) is 5.75 Å². The van der Waals surface area contributed by atoms with Crippen LogP contribution in [-0.4, -0.2) is 36.4 Å². The Hall–Kier alpha value is -2.48. The van der Waals surface area contributed by atoms with Crippen LogP contribution in [0, 0.1) is 5.41 Å². The second-order valence-corrected chi connectivity index (χ2v) is 3.83. The fourth-order valence-electron chi connectivity index (χ4n) is 1.52. The number of nitrogens with two attached hydrogens (primary N) is 2. The van der Waals surface area contributed by atoms with Gasteiger partial charge in [0.2, 0.25) is 0 Å². The van der Waals surface area contributed by atoms with Crippen LogP contribution in [0.15, 0.2) is 27.4 Å². The number of aliphatic hydroxyl groups is 1. The zero-order valence-corrected chi connectivity index (χ0v) is 10.1. The predicted octanol–water partition coefficient (Wildman–Crippen LogP) is 0.738. The Bertz CT molecular complexity index is 567. The number of aliphatic imine (C=N–C) groups is 1. The molecule has 1 aromatic carbocycles. The second kappa shape index (κ2) is 5.44. The molecule has 0 spiro atoms. The first-order chi connectivity index (χ1) is 9.11. The molecule has 0 bridgehead atoms. The highest BCUT2D eigenvalue weighted by molar-refractivity contribution is 6.43. The second-order valence-electron chi connectivity index (χ2n) is 3.83. The van der Waals surface area contributed by atoms with Crippen LogP contribution in [0.4, 0.5) is 17.1 Å². The predicted molar refractivity (Wildman–Crippen MR) is 72.4 cm³/mol. The molecule has 1 aromatic rings. The molecular weight excluding hydrogens is 248 g/mol. The minimum Gasteiger partial charge on any atom is -0.489 e. The number of nitrogen functional groups attached to an aromatic ring is 2. The summed E-state index contributed by atoms with van der Waals surface area (Å²) in [6, 6.07) is 3.10. The van der Waals surface area contributed by atoms with E-state index < -0.39 is 0 Å². The molecular formula is C11H14N6O2. The van der Waals surface area contributed by atoms with E-state index in [1.807, 2.05) is 0 Å². The highest BCUT2D eigenvalue weighted by Gasteiger charge is 2.14. The normalized spacial score (nSPS) is 16.3. The van der Waals surface area contributed by atoms with Crippen LogP contribution < -0.4 is 16.2 Å². The monoisotopic (exact) mass is 262 g/mol. The Morgan fingerprint density at radius 1 is 1.37 bits per heavy atom. The van der Waals surface area contributed by atoms with E-state index in [0.717, 1.165) is 0 Å². The van der Waals surface area contributed by atoms with Gasteiger partial charge in [-0.3, -0.25) is 5.41 Å². The van der Waals surface area contributed by atoms with Gasteiger partial charge in [0.05, 0.1) is 23.7 Å². The molecule has 0 unspecified atom stereocenters. The van der Waals surface area contributed by atoms with Gasteiger partial charge >= 0.3 is 0 Å². The Balaban J connectivity index is 2.32.